The van der Waals surface area contributed by atoms with Crippen LogP contribution in [0.5, 0.6) is 0 Å². The first kappa shape index (κ1) is 41.5. The van der Waals surface area contributed by atoms with Gasteiger partial charge in [0.15, 0.2) is 0 Å². The van der Waals surface area contributed by atoms with Crippen molar-refractivity contribution in [2.24, 2.45) is 0 Å². The highest BCUT2D eigenvalue weighted by atomic mass is 14.9. The lowest BCUT2D eigenvalue weighted by molar-refractivity contribution is 1.55. The van der Waals surface area contributed by atoms with Crippen LogP contribution in [-0.2, 0) is 0 Å². The summed E-state index contributed by atoms with van der Waals surface area (Å²) in [6.45, 7) is 0. The molecule has 14 rings (SSSR count). The lowest BCUT2D eigenvalue weighted by Crippen LogP contribution is -2.00. The summed E-state index contributed by atoms with van der Waals surface area (Å²) in [5.41, 5.74) is 13.7. The molecule has 0 aliphatic carbocycles. The van der Waals surface area contributed by atoms with Gasteiger partial charge in [-0.2, -0.15) is 0 Å². The molecule has 0 atom stereocenters. The molecule has 0 unspecified atom stereocenters. The van der Waals surface area contributed by atoms with Crippen LogP contribution in [0.1, 0.15) is 0 Å². The largest absolute Gasteiger partial charge is 0.354 e. The zero-order valence-corrected chi connectivity index (χ0v) is 39.4. The zero-order chi connectivity index (χ0) is 47.5. The van der Waals surface area contributed by atoms with Crippen LogP contribution in [0, 0.1) is 0 Å². The number of nitrogens with one attached hydrogen (secondary N) is 2. The Morgan fingerprint density at radius 2 is 0.472 bits per heavy atom. The van der Waals surface area contributed by atoms with Crippen LogP contribution in [0.15, 0.2) is 267 Å². The van der Waals surface area contributed by atoms with E-state index in [0.29, 0.717) is 0 Å². The third-order valence-electron chi connectivity index (χ3n) is 14.8. The smallest absolute Gasteiger partial charge is 0.0550 e. The van der Waals surface area contributed by atoms with E-state index in [9.17, 15) is 0 Å². The van der Waals surface area contributed by atoms with Crippen molar-refractivity contribution in [1.82, 2.24) is 0 Å². The van der Waals surface area contributed by atoms with Gasteiger partial charge in [0, 0.05) is 33.6 Å². The number of hydrogen-bond acceptors (Lipinski definition) is 2. The van der Waals surface area contributed by atoms with Gasteiger partial charge in [0.2, 0.25) is 0 Å². The summed E-state index contributed by atoms with van der Waals surface area (Å²) in [7, 11) is 0. The second-order valence-electron chi connectivity index (χ2n) is 18.9. The van der Waals surface area contributed by atoms with E-state index in [1.54, 1.807) is 0 Å². The fourth-order valence-electron chi connectivity index (χ4n) is 11.4. The first-order valence-electron chi connectivity index (χ1n) is 24.8. The van der Waals surface area contributed by atoms with E-state index in [4.69, 9.17) is 0 Å². The second kappa shape index (κ2) is 17.2. The van der Waals surface area contributed by atoms with Crippen molar-refractivity contribution in [2.75, 3.05) is 10.6 Å². The molecular formula is C70H46N2. The van der Waals surface area contributed by atoms with E-state index in [1.807, 2.05) is 0 Å². The lowest BCUT2D eigenvalue weighted by atomic mass is 9.87. The van der Waals surface area contributed by atoms with E-state index in [-0.39, 0.29) is 0 Å². The van der Waals surface area contributed by atoms with Crippen molar-refractivity contribution >= 4 is 98.2 Å². The normalized spacial score (nSPS) is 11.6. The predicted octanol–water partition coefficient (Wildman–Crippen LogP) is 19.9. The summed E-state index contributed by atoms with van der Waals surface area (Å²) in [5.74, 6) is 0. The third kappa shape index (κ3) is 7.03. The summed E-state index contributed by atoms with van der Waals surface area (Å²) in [5, 5.41) is 25.0. The van der Waals surface area contributed by atoms with Gasteiger partial charge in [-0.1, -0.05) is 231 Å². The average Bonchev–Trinajstić information content (AvgIpc) is 3.44. The van der Waals surface area contributed by atoms with E-state index in [1.165, 1.54) is 98.0 Å². The summed E-state index contributed by atoms with van der Waals surface area (Å²) in [4.78, 5) is 0. The summed E-state index contributed by atoms with van der Waals surface area (Å²) < 4.78 is 0. The molecule has 0 spiro atoms. The molecule has 0 radical (unpaired) electrons. The molecule has 14 aromatic rings. The minimum Gasteiger partial charge on any atom is -0.354 e. The van der Waals surface area contributed by atoms with Crippen LogP contribution in [0.4, 0.5) is 22.7 Å². The summed E-state index contributed by atoms with van der Waals surface area (Å²) >= 11 is 0. The Bertz CT molecular complexity index is 4160. The molecule has 0 saturated heterocycles. The Morgan fingerprint density at radius 3 is 0.847 bits per heavy atom. The maximum atomic E-state index is 4.09. The molecule has 0 aliphatic heterocycles. The Balaban J connectivity index is 0.941. The minimum absolute atomic E-state index is 1.02. The quantitative estimate of drug-likeness (QED) is 0.159. The molecule has 14 aromatic carbocycles. The summed E-state index contributed by atoms with van der Waals surface area (Å²) in [6.07, 6.45) is 0. The Hall–Kier alpha value is -9.50. The van der Waals surface area contributed by atoms with Gasteiger partial charge in [-0.25, -0.2) is 0 Å². The van der Waals surface area contributed by atoms with Gasteiger partial charge >= 0.3 is 0 Å². The molecule has 0 heterocycles. The molecule has 0 fully saturated rings. The molecule has 0 bridgehead atoms. The maximum Gasteiger partial charge on any atom is 0.0550 e. The van der Waals surface area contributed by atoms with Gasteiger partial charge in [0.25, 0.3) is 0 Å². The van der Waals surface area contributed by atoms with Gasteiger partial charge in [-0.05, 0) is 134 Å². The van der Waals surface area contributed by atoms with Crippen molar-refractivity contribution < 1.29 is 0 Å². The van der Waals surface area contributed by atoms with Gasteiger partial charge in [-0.15, -0.1) is 0 Å². The fraction of sp³-hybridized carbons (Fsp3) is 0. The van der Waals surface area contributed by atoms with Crippen molar-refractivity contribution in [3.05, 3.63) is 267 Å². The van der Waals surface area contributed by atoms with Crippen LogP contribution in [0.2, 0.25) is 0 Å². The maximum absolute atomic E-state index is 4.09. The number of hydrogen-bond donors (Lipinski definition) is 2. The van der Waals surface area contributed by atoms with Crippen molar-refractivity contribution in [1.29, 1.82) is 0 Å². The Labute approximate surface area is 418 Å². The topological polar surface area (TPSA) is 24.1 Å². The van der Waals surface area contributed by atoms with Crippen LogP contribution >= 0.6 is 0 Å². The van der Waals surface area contributed by atoms with E-state index in [2.05, 4.69) is 278 Å². The van der Waals surface area contributed by atoms with Gasteiger partial charge in [0.05, 0.1) is 11.4 Å². The zero-order valence-electron chi connectivity index (χ0n) is 39.4. The molecule has 72 heavy (non-hydrogen) atoms. The average molecular weight is 915 g/mol. The highest BCUT2D eigenvalue weighted by Gasteiger charge is 2.22. The third-order valence-corrected chi connectivity index (χ3v) is 14.8. The number of benzene rings is 14. The van der Waals surface area contributed by atoms with E-state index in [0.717, 1.165) is 44.6 Å². The standard InChI is InChI=1S/C70H46N2/c1-7-27-55-45(17-1)23-13-33-61(55)65-43-51-21-5-11-31-59(51)67(63-35-15-25-47-19-3-9-29-57(47)63)69(65)71-53-39-37-50-42-54(40-38-49(50)41-53)72-70-66(62-34-14-24-46-18-2-8-28-56(46)62)44-52-22-6-12-32-60(52)68(70)64-36-16-26-48-20-4-10-30-58(48)64/h1-44,71-72H. The Morgan fingerprint density at radius 1 is 0.181 bits per heavy atom. The molecule has 2 N–H and O–H groups in total. The number of rotatable bonds is 8. The molecular weight excluding hydrogens is 869 g/mol. The van der Waals surface area contributed by atoms with Crippen LogP contribution in [-0.4, -0.2) is 0 Å². The SMILES string of the molecule is c1ccc2c(-c3cc4ccccc4c(-c4cccc5ccccc45)c3Nc3ccc4cc(Nc5c(-c6cccc7ccccc67)cc6ccccc6c5-c5cccc6ccccc56)ccc4c3)cccc2c1. The highest BCUT2D eigenvalue weighted by Crippen LogP contribution is 2.50. The van der Waals surface area contributed by atoms with Crippen LogP contribution < -0.4 is 10.6 Å². The molecule has 0 aromatic heterocycles. The monoisotopic (exact) mass is 914 g/mol. The molecule has 336 valence electrons. The van der Waals surface area contributed by atoms with Crippen molar-refractivity contribution in [3.8, 4) is 44.5 Å². The van der Waals surface area contributed by atoms with Crippen LogP contribution in [0.3, 0.4) is 0 Å². The first-order valence-corrected chi connectivity index (χ1v) is 24.8. The lowest BCUT2D eigenvalue weighted by Gasteiger charge is -2.23. The molecule has 0 saturated carbocycles. The predicted molar refractivity (Wildman–Crippen MR) is 310 cm³/mol. The van der Waals surface area contributed by atoms with Gasteiger partial charge in [-0.3, -0.25) is 0 Å². The Kier molecular flexibility index (Phi) is 9.89. The van der Waals surface area contributed by atoms with Crippen LogP contribution in [0.25, 0.3) is 120 Å². The number of anilines is 4. The molecule has 0 aliphatic rings. The highest BCUT2D eigenvalue weighted by molar-refractivity contribution is 6.18. The molecule has 2 heteroatoms. The van der Waals surface area contributed by atoms with Crippen molar-refractivity contribution in [2.45, 2.75) is 0 Å². The minimum atomic E-state index is 1.02. The number of fused-ring (bicyclic) bond motifs is 7. The summed E-state index contributed by atoms with van der Waals surface area (Å²) in [6, 6.07) is 97.6. The van der Waals surface area contributed by atoms with Crippen molar-refractivity contribution in [3.63, 3.8) is 0 Å². The van der Waals surface area contributed by atoms with E-state index >= 15 is 0 Å². The second-order valence-corrected chi connectivity index (χ2v) is 18.9. The fourth-order valence-corrected chi connectivity index (χ4v) is 11.4. The molecule has 2 nitrogen and oxygen atoms in total. The van der Waals surface area contributed by atoms with Gasteiger partial charge < -0.3 is 10.6 Å². The van der Waals surface area contributed by atoms with Gasteiger partial charge in [0.1, 0.15) is 0 Å². The van der Waals surface area contributed by atoms with E-state index < -0.39 is 0 Å². The first-order chi connectivity index (χ1) is 35.7. The molecule has 0 amide bonds.